The van der Waals surface area contributed by atoms with E-state index in [4.69, 9.17) is 5.11 Å². The number of pyridine rings is 2. The average Bonchev–Trinajstić information content (AvgIpc) is 2.44. The van der Waals surface area contributed by atoms with Gasteiger partial charge in [0.15, 0.2) is 0 Å². The van der Waals surface area contributed by atoms with Gasteiger partial charge in [-0.3, -0.25) is 9.78 Å². The van der Waals surface area contributed by atoms with E-state index in [1.807, 2.05) is 6.07 Å². The Kier molecular flexibility index (Phi) is 2.35. The van der Waals surface area contributed by atoms with E-state index in [9.17, 15) is 9.59 Å². The molecule has 0 saturated carbocycles. The third-order valence-corrected chi connectivity index (χ3v) is 3.25. The number of carboxylic acid groups (broad SMARTS) is 1. The predicted molar refractivity (Wildman–Crippen MR) is 71.4 cm³/mol. The van der Waals surface area contributed by atoms with Crippen LogP contribution in [0.25, 0.3) is 21.7 Å². The van der Waals surface area contributed by atoms with Gasteiger partial charge in [-0.1, -0.05) is 6.07 Å². The smallest absolute Gasteiger partial charge is 0.335 e. The lowest BCUT2D eigenvalue weighted by Crippen LogP contribution is -2.17. The van der Waals surface area contributed by atoms with Crippen LogP contribution >= 0.6 is 0 Å². The van der Waals surface area contributed by atoms with Gasteiger partial charge in [0.25, 0.3) is 5.56 Å². The van der Waals surface area contributed by atoms with Crippen molar-refractivity contribution in [3.8, 4) is 0 Å². The third kappa shape index (κ3) is 1.59. The Morgan fingerprint density at radius 2 is 2.00 bits per heavy atom. The molecule has 3 rings (SSSR count). The van der Waals surface area contributed by atoms with Crippen LogP contribution in [0.2, 0.25) is 0 Å². The predicted octanol–water partition coefficient (Wildman–Crippen LogP) is 1.78. The molecule has 94 valence electrons. The Morgan fingerprint density at radius 1 is 1.21 bits per heavy atom. The van der Waals surface area contributed by atoms with Crippen molar-refractivity contribution in [3.63, 3.8) is 0 Å². The van der Waals surface area contributed by atoms with E-state index in [-0.39, 0.29) is 11.1 Å². The molecule has 19 heavy (non-hydrogen) atoms. The maximum absolute atomic E-state index is 12.3. The van der Waals surface area contributed by atoms with Gasteiger partial charge in [-0.25, -0.2) is 4.79 Å². The fourth-order valence-corrected chi connectivity index (χ4v) is 2.26. The first-order valence-corrected chi connectivity index (χ1v) is 5.69. The largest absolute Gasteiger partial charge is 0.478 e. The van der Waals surface area contributed by atoms with Gasteiger partial charge in [-0.15, -0.1) is 0 Å². The minimum atomic E-state index is -1.04. The summed E-state index contributed by atoms with van der Waals surface area (Å²) in [5.74, 6) is -1.04. The molecule has 2 heterocycles. The number of fused-ring (bicyclic) bond motifs is 3. The molecule has 0 amide bonds. The highest BCUT2D eigenvalue weighted by atomic mass is 16.4. The fourth-order valence-electron chi connectivity index (χ4n) is 2.26. The maximum atomic E-state index is 12.3. The first-order valence-electron chi connectivity index (χ1n) is 5.69. The molecule has 0 aliphatic heterocycles. The first-order chi connectivity index (χ1) is 9.09. The quantitative estimate of drug-likeness (QED) is 0.672. The second-order valence-corrected chi connectivity index (χ2v) is 4.32. The van der Waals surface area contributed by atoms with Crippen LogP contribution in [0.3, 0.4) is 0 Å². The third-order valence-electron chi connectivity index (χ3n) is 3.25. The number of benzene rings is 1. The lowest BCUT2D eigenvalue weighted by atomic mass is 10.0. The van der Waals surface area contributed by atoms with Crippen molar-refractivity contribution < 1.29 is 9.90 Å². The summed E-state index contributed by atoms with van der Waals surface area (Å²) in [6, 6.07) is 6.41. The molecule has 5 heteroatoms. The van der Waals surface area contributed by atoms with Gasteiger partial charge < -0.3 is 9.67 Å². The molecule has 1 N–H and O–H groups in total. The van der Waals surface area contributed by atoms with Crippen LogP contribution in [0, 0.1) is 0 Å². The van der Waals surface area contributed by atoms with Crippen molar-refractivity contribution in [3.05, 3.63) is 52.6 Å². The summed E-state index contributed by atoms with van der Waals surface area (Å²) in [6.45, 7) is 0. The molecule has 5 nitrogen and oxygen atoms in total. The SMILES string of the molecule is Cn1c(=O)c2cc(C(=O)O)ccc2c2ccncc21. The van der Waals surface area contributed by atoms with E-state index >= 15 is 0 Å². The monoisotopic (exact) mass is 254 g/mol. The number of hydrogen-bond donors (Lipinski definition) is 1. The van der Waals surface area contributed by atoms with E-state index in [0.717, 1.165) is 16.3 Å². The zero-order valence-corrected chi connectivity index (χ0v) is 10.1. The minimum Gasteiger partial charge on any atom is -0.478 e. The molecule has 0 saturated heterocycles. The molecule has 3 aromatic rings. The van der Waals surface area contributed by atoms with Crippen molar-refractivity contribution >= 4 is 27.6 Å². The number of hydrogen-bond acceptors (Lipinski definition) is 3. The van der Waals surface area contributed by atoms with Gasteiger partial charge in [-0.2, -0.15) is 0 Å². The molecular weight excluding hydrogens is 244 g/mol. The highest BCUT2D eigenvalue weighted by Crippen LogP contribution is 2.22. The van der Waals surface area contributed by atoms with Crippen molar-refractivity contribution in [2.45, 2.75) is 0 Å². The van der Waals surface area contributed by atoms with Crippen molar-refractivity contribution in [2.75, 3.05) is 0 Å². The van der Waals surface area contributed by atoms with Crippen molar-refractivity contribution in [1.82, 2.24) is 9.55 Å². The molecule has 0 aliphatic rings. The molecule has 0 fully saturated rings. The molecule has 0 aliphatic carbocycles. The highest BCUT2D eigenvalue weighted by Gasteiger charge is 2.11. The second-order valence-electron chi connectivity index (χ2n) is 4.32. The maximum Gasteiger partial charge on any atom is 0.335 e. The van der Waals surface area contributed by atoms with Gasteiger partial charge in [0, 0.05) is 24.0 Å². The van der Waals surface area contributed by atoms with Crippen LogP contribution in [0.15, 0.2) is 41.5 Å². The lowest BCUT2D eigenvalue weighted by Gasteiger charge is -2.08. The Labute approximate surface area is 107 Å². The van der Waals surface area contributed by atoms with E-state index in [1.54, 1.807) is 25.5 Å². The number of aromatic carboxylic acids is 1. The van der Waals surface area contributed by atoms with Gasteiger partial charge >= 0.3 is 5.97 Å². The number of carbonyl (C=O) groups is 1. The number of aryl methyl sites for hydroxylation is 1. The zero-order chi connectivity index (χ0) is 13.6. The number of nitrogens with zero attached hydrogens (tertiary/aromatic N) is 2. The average molecular weight is 254 g/mol. The zero-order valence-electron chi connectivity index (χ0n) is 10.1. The molecule has 0 bridgehead atoms. The normalized spacial score (nSPS) is 11.0. The van der Waals surface area contributed by atoms with Crippen LogP contribution in [-0.2, 0) is 7.05 Å². The van der Waals surface area contributed by atoms with Crippen molar-refractivity contribution in [1.29, 1.82) is 0 Å². The second kappa shape index (κ2) is 3.91. The standard InChI is InChI=1S/C14H10N2O3/c1-16-12-7-15-5-4-10(12)9-3-2-8(14(18)19)6-11(9)13(16)17/h2-7H,1H3,(H,18,19). The summed E-state index contributed by atoms with van der Waals surface area (Å²) in [7, 11) is 1.65. The summed E-state index contributed by atoms with van der Waals surface area (Å²) in [5.41, 5.74) is 0.611. The Hall–Kier alpha value is -2.69. The number of rotatable bonds is 1. The van der Waals surface area contributed by atoms with Gasteiger partial charge in [0.05, 0.1) is 17.3 Å². The minimum absolute atomic E-state index is 0.109. The van der Waals surface area contributed by atoms with Crippen LogP contribution < -0.4 is 5.56 Å². The van der Waals surface area contributed by atoms with E-state index < -0.39 is 5.97 Å². The van der Waals surface area contributed by atoms with E-state index in [1.165, 1.54) is 16.7 Å². The summed E-state index contributed by atoms with van der Waals surface area (Å²) in [6.07, 6.45) is 3.28. The summed E-state index contributed by atoms with van der Waals surface area (Å²) < 4.78 is 1.48. The molecule has 2 aromatic heterocycles. The van der Waals surface area contributed by atoms with E-state index in [2.05, 4.69) is 4.98 Å². The summed E-state index contributed by atoms with van der Waals surface area (Å²) in [4.78, 5) is 27.3. The highest BCUT2D eigenvalue weighted by molar-refractivity contribution is 6.07. The number of carboxylic acids is 1. The topological polar surface area (TPSA) is 72.2 Å². The lowest BCUT2D eigenvalue weighted by molar-refractivity contribution is 0.0697. The van der Waals surface area contributed by atoms with Crippen molar-refractivity contribution in [2.24, 2.45) is 7.05 Å². The van der Waals surface area contributed by atoms with Crippen LogP contribution in [0.1, 0.15) is 10.4 Å². The molecule has 0 radical (unpaired) electrons. The van der Waals surface area contributed by atoms with Gasteiger partial charge in [0.1, 0.15) is 0 Å². The van der Waals surface area contributed by atoms with Gasteiger partial charge in [-0.05, 0) is 23.6 Å². The Morgan fingerprint density at radius 3 is 2.74 bits per heavy atom. The molecule has 0 spiro atoms. The fraction of sp³-hybridized carbons (Fsp3) is 0.0714. The Bertz CT molecular complexity index is 881. The molecule has 1 aromatic carbocycles. The summed E-state index contributed by atoms with van der Waals surface area (Å²) in [5, 5.41) is 11.0. The number of aromatic nitrogens is 2. The molecular formula is C14H10N2O3. The van der Waals surface area contributed by atoms with Gasteiger partial charge in [0.2, 0.25) is 0 Å². The molecule has 0 unspecified atom stereocenters. The Balaban J connectivity index is 2.58. The van der Waals surface area contributed by atoms with Crippen LogP contribution in [-0.4, -0.2) is 20.6 Å². The van der Waals surface area contributed by atoms with Crippen LogP contribution in [0.5, 0.6) is 0 Å². The summed E-state index contributed by atoms with van der Waals surface area (Å²) >= 11 is 0. The molecule has 0 atom stereocenters. The van der Waals surface area contributed by atoms with Crippen LogP contribution in [0.4, 0.5) is 0 Å². The first kappa shape index (κ1) is 11.4. The van der Waals surface area contributed by atoms with E-state index in [0.29, 0.717) is 5.39 Å².